The second-order valence-electron chi connectivity index (χ2n) is 11.4. The van der Waals surface area contributed by atoms with Crippen molar-refractivity contribution in [3.8, 4) is 34.5 Å². The molecule has 0 saturated heterocycles. The second kappa shape index (κ2) is 20.5. The first kappa shape index (κ1) is 43.6. The number of alkyl halides is 2. The maximum Gasteiger partial charge on any atom is 0.297 e. The van der Waals surface area contributed by atoms with Crippen molar-refractivity contribution >= 4 is 27.5 Å². The summed E-state index contributed by atoms with van der Waals surface area (Å²) in [5.41, 5.74) is 0.892. The summed E-state index contributed by atoms with van der Waals surface area (Å²) in [5, 5.41) is 37.6. The van der Waals surface area contributed by atoms with Gasteiger partial charge in [-0.25, -0.2) is 8.78 Å². The van der Waals surface area contributed by atoms with E-state index in [-0.39, 0.29) is 68.3 Å². The van der Waals surface area contributed by atoms with Crippen molar-refractivity contribution in [1.29, 1.82) is 0 Å². The Balaban J connectivity index is 0.000000305. The first-order chi connectivity index (χ1) is 24.9. The normalized spacial score (nSPS) is 11.3. The van der Waals surface area contributed by atoms with Gasteiger partial charge in [0.05, 0.1) is 11.5 Å². The van der Waals surface area contributed by atoms with Crippen LogP contribution < -0.4 is 9.47 Å². The molecule has 0 bridgehead atoms. The number of carbonyl (C=O) groups is 3. The molecule has 0 aromatic heterocycles. The lowest BCUT2D eigenvalue weighted by Gasteiger charge is -2.15. The van der Waals surface area contributed by atoms with Gasteiger partial charge in [0.1, 0.15) is 70.6 Å². The van der Waals surface area contributed by atoms with E-state index in [1.165, 1.54) is 87.5 Å². The fraction of sp³-hybridized carbons (Fsp3) is 0.289. The number of hydrogen-bond acceptors (Lipinski definition) is 12. The Labute approximate surface area is 306 Å². The summed E-state index contributed by atoms with van der Waals surface area (Å²) in [6, 6.07) is 19.0. The number of rotatable bonds is 14. The summed E-state index contributed by atoms with van der Waals surface area (Å²) in [7, 11) is -3.82. The van der Waals surface area contributed by atoms with Crippen LogP contribution in [0, 0.1) is 6.92 Å². The highest BCUT2D eigenvalue weighted by molar-refractivity contribution is 7.86. The third-order valence-corrected chi connectivity index (χ3v) is 8.38. The summed E-state index contributed by atoms with van der Waals surface area (Å²) in [5.74, 6) is -1.87. The van der Waals surface area contributed by atoms with Gasteiger partial charge < -0.3 is 29.9 Å². The van der Waals surface area contributed by atoms with Crippen molar-refractivity contribution in [1.82, 2.24) is 0 Å². The van der Waals surface area contributed by atoms with E-state index in [1.54, 1.807) is 19.1 Å². The molecule has 286 valence electrons. The van der Waals surface area contributed by atoms with Gasteiger partial charge in [0, 0.05) is 0 Å². The van der Waals surface area contributed by atoms with Crippen LogP contribution in [0.2, 0.25) is 0 Å². The van der Waals surface area contributed by atoms with Gasteiger partial charge in [-0.05, 0) is 82.6 Å². The molecule has 0 heterocycles. The number of hydrogen-bond donors (Lipinski definition) is 4. The van der Waals surface area contributed by atoms with Gasteiger partial charge in [0.15, 0.2) is 23.5 Å². The number of ketones is 3. The first-order valence-corrected chi connectivity index (χ1v) is 17.5. The first-order valence-electron chi connectivity index (χ1n) is 16.1. The average molecular weight is 761 g/mol. The van der Waals surface area contributed by atoms with Gasteiger partial charge in [-0.3, -0.25) is 18.6 Å². The predicted octanol–water partition coefficient (Wildman–Crippen LogP) is 7.05. The van der Waals surface area contributed by atoms with E-state index in [0.717, 1.165) is 5.56 Å². The largest absolute Gasteiger partial charge is 0.507 e. The van der Waals surface area contributed by atoms with Crippen LogP contribution in [0.25, 0.3) is 0 Å². The number of Topliss-reactive ketones (excluding diaryl/α,β-unsaturated/α-hetero) is 3. The lowest BCUT2D eigenvalue weighted by Crippen LogP contribution is -2.22. The van der Waals surface area contributed by atoms with E-state index in [2.05, 4.69) is 4.18 Å². The van der Waals surface area contributed by atoms with Crippen molar-refractivity contribution in [2.24, 2.45) is 0 Å². The summed E-state index contributed by atoms with van der Waals surface area (Å²) in [4.78, 5) is 33.9. The molecule has 53 heavy (non-hydrogen) atoms. The molecule has 0 aliphatic carbocycles. The van der Waals surface area contributed by atoms with Gasteiger partial charge in [0.2, 0.25) is 0 Å². The topological polar surface area (TPSA) is 194 Å². The fourth-order valence-corrected chi connectivity index (χ4v) is 5.27. The highest BCUT2D eigenvalue weighted by Gasteiger charge is 2.19. The Hall–Kier alpha value is -5.54. The highest BCUT2D eigenvalue weighted by atomic mass is 32.2. The van der Waals surface area contributed by atoms with E-state index in [9.17, 15) is 41.8 Å². The number of phenolic OH excluding ortho intramolecular Hbond substituents is 4. The molecule has 0 saturated carbocycles. The van der Waals surface area contributed by atoms with Crippen LogP contribution in [-0.4, -0.2) is 78.4 Å². The number of benzene rings is 4. The zero-order valence-corrected chi connectivity index (χ0v) is 30.5. The minimum atomic E-state index is -3.82. The van der Waals surface area contributed by atoms with Crippen molar-refractivity contribution in [3.05, 3.63) is 101 Å². The molecule has 1 unspecified atom stereocenters. The molecule has 0 fully saturated rings. The molecule has 4 aromatic carbocycles. The van der Waals surface area contributed by atoms with Gasteiger partial charge in [-0.1, -0.05) is 42.8 Å². The number of ether oxygens (including phenoxy) is 2. The van der Waals surface area contributed by atoms with Crippen molar-refractivity contribution in [2.75, 3.05) is 19.8 Å². The van der Waals surface area contributed by atoms with Crippen molar-refractivity contribution in [2.45, 2.75) is 58.3 Å². The van der Waals surface area contributed by atoms with Crippen LogP contribution in [0.15, 0.2) is 83.8 Å². The van der Waals surface area contributed by atoms with Crippen LogP contribution in [0.5, 0.6) is 34.5 Å². The molecule has 1 atom stereocenters. The lowest BCUT2D eigenvalue weighted by atomic mass is 10.1. The van der Waals surface area contributed by atoms with Crippen molar-refractivity contribution < 1.29 is 65.7 Å². The van der Waals surface area contributed by atoms with Gasteiger partial charge >= 0.3 is 0 Å². The Morgan fingerprint density at radius 3 is 1.34 bits per heavy atom. The SMILES string of the molecule is CC(=O)c1c(O)cccc1O.CC(=O)c1c(O)cccc1OCC(F)COc1cccc(O)c1C(C)=O.CCC(F)COS(=O)(=O)c1ccc(C)cc1. The van der Waals surface area contributed by atoms with E-state index in [1.807, 2.05) is 6.92 Å². The molecule has 0 amide bonds. The standard InChI is InChI=1S/C19H19FO6.C11H15FO3S.C8H8O3/c1-11(21)18-14(23)5-3-7-16(18)25-9-13(20)10-26-17-8-4-6-15(24)19(17)12(2)22;1-3-10(12)8-15-16(13,14)11-6-4-9(2)5-7-11;1-5(9)8-6(10)3-2-4-7(8)11/h3-8,13,23-24H,9-10H2,1-2H3;4-7,10H,3,8H2,1-2H3;2-4,10-11H,1H3. The third kappa shape index (κ3) is 13.5. The quantitative estimate of drug-likeness (QED) is 0.0757. The van der Waals surface area contributed by atoms with Gasteiger partial charge in [-0.15, -0.1) is 0 Å². The average Bonchev–Trinajstić information content (AvgIpc) is 3.09. The number of carbonyl (C=O) groups excluding carboxylic acids is 3. The molecule has 4 rings (SSSR count). The molecule has 0 aliphatic rings. The minimum Gasteiger partial charge on any atom is -0.507 e. The van der Waals surface area contributed by atoms with Gasteiger partial charge in [-0.2, -0.15) is 8.42 Å². The number of phenols is 4. The number of halogens is 2. The predicted molar refractivity (Wildman–Crippen MR) is 191 cm³/mol. The van der Waals surface area contributed by atoms with Crippen molar-refractivity contribution in [3.63, 3.8) is 0 Å². The Kier molecular flexibility index (Phi) is 16.9. The molecule has 12 nitrogen and oxygen atoms in total. The smallest absolute Gasteiger partial charge is 0.297 e. The van der Waals surface area contributed by atoms with Gasteiger partial charge in [0.25, 0.3) is 10.1 Å². The zero-order valence-electron chi connectivity index (χ0n) is 29.7. The minimum absolute atomic E-state index is 0.0208. The monoisotopic (exact) mass is 760 g/mol. The number of aryl methyl sites for hydroxylation is 1. The van der Waals surface area contributed by atoms with E-state index < -0.39 is 53.8 Å². The molecule has 4 N–H and O–H groups in total. The molecule has 15 heteroatoms. The van der Waals surface area contributed by atoms with Crippen LogP contribution >= 0.6 is 0 Å². The maximum atomic E-state index is 14.1. The van der Waals surface area contributed by atoms with Crippen LogP contribution in [0.1, 0.15) is 70.8 Å². The summed E-state index contributed by atoms with van der Waals surface area (Å²) in [6.07, 6.45) is -2.58. The molecular formula is C38H42F2O12S. The highest BCUT2D eigenvalue weighted by Crippen LogP contribution is 2.30. The molecule has 0 spiro atoms. The summed E-state index contributed by atoms with van der Waals surface area (Å²) >= 11 is 0. The third-order valence-electron chi connectivity index (χ3n) is 7.08. The molecule has 0 radical (unpaired) electrons. The maximum absolute atomic E-state index is 14.1. The molecule has 0 aliphatic heterocycles. The summed E-state index contributed by atoms with van der Waals surface area (Å²) < 4.78 is 65.3. The van der Waals surface area contributed by atoms with Crippen LogP contribution in [0.3, 0.4) is 0 Å². The lowest BCUT2D eigenvalue weighted by molar-refractivity contribution is 0.0990. The molecular weight excluding hydrogens is 718 g/mol. The van der Waals surface area contributed by atoms with Crippen LogP contribution in [-0.2, 0) is 14.3 Å². The summed E-state index contributed by atoms with van der Waals surface area (Å²) in [6.45, 7) is 6.04. The zero-order chi connectivity index (χ0) is 39.9. The number of aromatic hydroxyl groups is 4. The Bertz CT molecular complexity index is 1880. The van der Waals surface area contributed by atoms with E-state index in [4.69, 9.17) is 19.7 Å². The van der Waals surface area contributed by atoms with Crippen LogP contribution in [0.4, 0.5) is 8.78 Å². The molecule has 4 aromatic rings. The van der Waals surface area contributed by atoms with E-state index in [0.29, 0.717) is 0 Å². The van der Waals surface area contributed by atoms with E-state index >= 15 is 0 Å². The second-order valence-corrected chi connectivity index (χ2v) is 13.0. The fourth-order valence-electron chi connectivity index (χ4n) is 4.34. The Morgan fingerprint density at radius 1 is 0.604 bits per heavy atom. The Morgan fingerprint density at radius 2 is 0.981 bits per heavy atom.